The molecule has 0 fully saturated rings. The molecule has 1 N–H and O–H groups in total. The van der Waals surface area contributed by atoms with E-state index in [0.29, 0.717) is 0 Å². The van der Waals surface area contributed by atoms with Crippen molar-refractivity contribution in [2.45, 2.75) is 110 Å². The second-order valence-electron chi connectivity index (χ2n) is 6.62. The molecule has 0 aromatic rings. The Morgan fingerprint density at radius 3 is 1.38 bits per heavy atom. The highest BCUT2D eigenvalue weighted by molar-refractivity contribution is 5.69. The van der Waals surface area contributed by atoms with Crippen molar-refractivity contribution in [3.63, 3.8) is 0 Å². The fourth-order valence-corrected chi connectivity index (χ4v) is 2.77. The molecule has 0 radical (unpaired) electrons. The predicted octanol–water partition coefficient (Wildman–Crippen LogP) is 6.58. The average Bonchev–Trinajstić information content (AvgIpc) is 2.47. The lowest BCUT2D eigenvalue weighted by molar-refractivity contribution is -0.141. The van der Waals surface area contributed by atoms with Crippen LogP contribution in [0.1, 0.15) is 110 Å². The van der Waals surface area contributed by atoms with Gasteiger partial charge in [0.15, 0.2) is 0 Å². The summed E-state index contributed by atoms with van der Waals surface area (Å²) in [5.41, 5.74) is 0. The van der Waals surface area contributed by atoms with Gasteiger partial charge in [-0.1, -0.05) is 104 Å². The van der Waals surface area contributed by atoms with Crippen LogP contribution in [0.25, 0.3) is 0 Å². The number of hydrogen-bond acceptors (Lipinski definition) is 1. The van der Waals surface area contributed by atoms with Crippen LogP contribution in [0.4, 0.5) is 0 Å². The van der Waals surface area contributed by atoms with Gasteiger partial charge < -0.3 is 5.11 Å². The average molecular weight is 299 g/mol. The second kappa shape index (κ2) is 15.9. The second-order valence-corrected chi connectivity index (χ2v) is 6.62. The fraction of sp³-hybridized carbons (Fsp3) is 0.947. The van der Waals surface area contributed by atoms with Crippen LogP contribution in [0.2, 0.25) is 0 Å². The number of rotatable bonds is 16. The first-order valence-electron chi connectivity index (χ1n) is 9.41. The van der Waals surface area contributed by atoms with Crippen LogP contribution >= 0.6 is 0 Å². The molecule has 0 aromatic carbocycles. The molecule has 2 nitrogen and oxygen atoms in total. The highest BCUT2D eigenvalue weighted by Gasteiger charge is 2.09. The Morgan fingerprint density at radius 2 is 1.05 bits per heavy atom. The van der Waals surface area contributed by atoms with Gasteiger partial charge in [-0.15, -0.1) is 0 Å². The summed E-state index contributed by atoms with van der Waals surface area (Å²) in [5.74, 6) is -0.813. The number of hydrogen-bond donors (Lipinski definition) is 1. The van der Waals surface area contributed by atoms with E-state index >= 15 is 0 Å². The highest BCUT2D eigenvalue weighted by atomic mass is 16.4. The topological polar surface area (TPSA) is 37.3 Å². The van der Waals surface area contributed by atoms with Gasteiger partial charge in [-0.05, 0) is 6.42 Å². The molecule has 1 atom stereocenters. The Balaban J connectivity index is 3.04. The van der Waals surface area contributed by atoms with Crippen molar-refractivity contribution in [3.05, 3.63) is 0 Å². The van der Waals surface area contributed by atoms with Gasteiger partial charge in [0.25, 0.3) is 0 Å². The van der Waals surface area contributed by atoms with Crippen molar-refractivity contribution in [3.8, 4) is 0 Å². The zero-order valence-electron chi connectivity index (χ0n) is 14.5. The third-order valence-corrected chi connectivity index (χ3v) is 4.41. The van der Waals surface area contributed by atoms with Gasteiger partial charge in [-0.2, -0.15) is 0 Å². The van der Waals surface area contributed by atoms with E-state index in [2.05, 4.69) is 6.92 Å². The molecule has 126 valence electrons. The third kappa shape index (κ3) is 15.7. The number of carboxylic acid groups (broad SMARTS) is 1. The van der Waals surface area contributed by atoms with Crippen molar-refractivity contribution in [2.75, 3.05) is 0 Å². The fourth-order valence-electron chi connectivity index (χ4n) is 2.77. The normalized spacial score (nSPS) is 12.5. The molecule has 0 aliphatic carbocycles. The third-order valence-electron chi connectivity index (χ3n) is 4.41. The molecule has 0 rings (SSSR count). The quantitative estimate of drug-likeness (QED) is 0.327. The van der Waals surface area contributed by atoms with Crippen molar-refractivity contribution in [2.24, 2.45) is 5.92 Å². The number of carbonyl (C=O) groups is 1. The van der Waals surface area contributed by atoms with Gasteiger partial charge in [0.05, 0.1) is 5.92 Å². The Labute approximate surface area is 132 Å². The van der Waals surface area contributed by atoms with Gasteiger partial charge in [0.1, 0.15) is 0 Å². The molecule has 0 aliphatic rings. The van der Waals surface area contributed by atoms with E-state index in [9.17, 15) is 4.79 Å². The van der Waals surface area contributed by atoms with Crippen LogP contribution in [-0.4, -0.2) is 11.1 Å². The summed E-state index contributed by atoms with van der Waals surface area (Å²) < 4.78 is 0. The summed E-state index contributed by atoms with van der Waals surface area (Å²) in [6.45, 7) is 4.08. The summed E-state index contributed by atoms with van der Waals surface area (Å²) >= 11 is 0. The van der Waals surface area contributed by atoms with E-state index in [4.69, 9.17) is 5.11 Å². The Kier molecular flexibility index (Phi) is 15.5. The van der Waals surface area contributed by atoms with Crippen LogP contribution in [0, 0.1) is 5.92 Å². The molecule has 0 saturated heterocycles. The van der Waals surface area contributed by atoms with Crippen LogP contribution < -0.4 is 0 Å². The molecular weight excluding hydrogens is 260 g/mol. The SMILES string of the molecule is CCCCCCCCCCCCCCCC[C@H](C)C(=O)O. The molecule has 0 spiro atoms. The van der Waals surface area contributed by atoms with Crippen molar-refractivity contribution in [1.82, 2.24) is 0 Å². The minimum absolute atomic E-state index is 0.165. The molecule has 0 aliphatic heterocycles. The summed E-state index contributed by atoms with van der Waals surface area (Å²) in [6.07, 6.45) is 19.8. The van der Waals surface area contributed by atoms with E-state index in [1.165, 1.54) is 83.5 Å². The van der Waals surface area contributed by atoms with Crippen LogP contribution in [0.5, 0.6) is 0 Å². The number of carboxylic acids is 1. The summed E-state index contributed by atoms with van der Waals surface area (Å²) in [6, 6.07) is 0. The standard InChI is InChI=1S/C19H38O2/c1-3-4-5-6-7-8-9-10-11-12-13-14-15-16-17-18(2)19(20)21/h18H,3-17H2,1-2H3,(H,20,21)/t18-/m0/s1. The largest absolute Gasteiger partial charge is 0.481 e. The lowest BCUT2D eigenvalue weighted by Gasteiger charge is -2.05. The first-order valence-corrected chi connectivity index (χ1v) is 9.41. The lowest BCUT2D eigenvalue weighted by Crippen LogP contribution is -2.08. The van der Waals surface area contributed by atoms with Crippen molar-refractivity contribution in [1.29, 1.82) is 0 Å². The molecule has 0 amide bonds. The predicted molar refractivity (Wildman–Crippen MR) is 91.7 cm³/mol. The van der Waals surface area contributed by atoms with Gasteiger partial charge in [0.2, 0.25) is 0 Å². The zero-order chi connectivity index (χ0) is 15.8. The molecule has 0 heterocycles. The lowest BCUT2D eigenvalue weighted by atomic mass is 10.0. The van der Waals surface area contributed by atoms with Gasteiger partial charge in [-0.25, -0.2) is 0 Å². The highest BCUT2D eigenvalue weighted by Crippen LogP contribution is 2.14. The molecular formula is C19H38O2. The van der Waals surface area contributed by atoms with E-state index in [1.54, 1.807) is 0 Å². The van der Waals surface area contributed by atoms with Gasteiger partial charge in [0, 0.05) is 0 Å². The Bertz CT molecular complexity index is 226. The number of unbranched alkanes of at least 4 members (excludes halogenated alkanes) is 13. The smallest absolute Gasteiger partial charge is 0.306 e. The van der Waals surface area contributed by atoms with Gasteiger partial charge >= 0.3 is 5.97 Å². The monoisotopic (exact) mass is 298 g/mol. The molecule has 0 aromatic heterocycles. The van der Waals surface area contributed by atoms with Crippen molar-refractivity contribution < 1.29 is 9.90 Å². The molecule has 0 unspecified atom stereocenters. The van der Waals surface area contributed by atoms with E-state index in [-0.39, 0.29) is 5.92 Å². The first-order chi connectivity index (χ1) is 10.2. The molecule has 21 heavy (non-hydrogen) atoms. The van der Waals surface area contributed by atoms with Crippen LogP contribution in [-0.2, 0) is 4.79 Å². The number of aliphatic carboxylic acids is 1. The maximum absolute atomic E-state index is 10.7. The van der Waals surface area contributed by atoms with E-state index in [0.717, 1.165) is 12.8 Å². The van der Waals surface area contributed by atoms with Crippen LogP contribution in [0.3, 0.4) is 0 Å². The summed E-state index contributed by atoms with van der Waals surface area (Å²) in [7, 11) is 0. The van der Waals surface area contributed by atoms with Crippen LogP contribution in [0.15, 0.2) is 0 Å². The summed E-state index contributed by atoms with van der Waals surface area (Å²) in [4.78, 5) is 10.7. The Morgan fingerprint density at radius 1 is 0.714 bits per heavy atom. The molecule has 0 saturated carbocycles. The molecule has 0 bridgehead atoms. The van der Waals surface area contributed by atoms with E-state index < -0.39 is 5.97 Å². The maximum atomic E-state index is 10.7. The zero-order valence-corrected chi connectivity index (χ0v) is 14.5. The molecule has 2 heteroatoms. The maximum Gasteiger partial charge on any atom is 0.306 e. The minimum atomic E-state index is -0.648. The Hall–Kier alpha value is -0.530. The van der Waals surface area contributed by atoms with E-state index in [1.807, 2.05) is 6.92 Å². The summed E-state index contributed by atoms with van der Waals surface area (Å²) in [5, 5.41) is 8.79. The van der Waals surface area contributed by atoms with Gasteiger partial charge in [-0.3, -0.25) is 4.79 Å². The minimum Gasteiger partial charge on any atom is -0.481 e. The van der Waals surface area contributed by atoms with Crippen molar-refractivity contribution >= 4 is 5.97 Å². The first kappa shape index (κ1) is 20.5.